The predicted octanol–water partition coefficient (Wildman–Crippen LogP) is 2.42. The second kappa shape index (κ2) is 4.88. The third kappa shape index (κ3) is 3.34. The van der Waals surface area contributed by atoms with Crippen LogP contribution in [0, 0.1) is 0 Å². The van der Waals surface area contributed by atoms with Gasteiger partial charge in [0.2, 0.25) is 0 Å². The molecule has 0 aromatic carbocycles. The number of carbonyl (C=O) groups excluding carboxylic acids is 1. The van der Waals surface area contributed by atoms with Crippen molar-refractivity contribution in [1.82, 2.24) is 10.3 Å². The van der Waals surface area contributed by atoms with Gasteiger partial charge in [0.05, 0.1) is 13.1 Å². The molecule has 1 aliphatic heterocycles. The molecule has 20 heavy (non-hydrogen) atoms. The lowest BCUT2D eigenvalue weighted by Crippen LogP contribution is -2.53. The zero-order valence-electron chi connectivity index (χ0n) is 11.6. The van der Waals surface area contributed by atoms with E-state index in [2.05, 4.69) is 10.3 Å². The summed E-state index contributed by atoms with van der Waals surface area (Å²) in [5.74, 6) is -2.16. The van der Waals surface area contributed by atoms with Crippen molar-refractivity contribution < 1.29 is 18.3 Å². The summed E-state index contributed by atoms with van der Waals surface area (Å²) in [6, 6.07) is 2.77. The molecule has 0 saturated heterocycles. The smallest absolute Gasteiger partial charge is 0.323 e. The highest BCUT2D eigenvalue weighted by atomic mass is 19.3. The van der Waals surface area contributed by atoms with Gasteiger partial charge in [-0.15, -0.1) is 0 Å². The maximum atomic E-state index is 12.8. The summed E-state index contributed by atoms with van der Waals surface area (Å²) < 4.78 is 31.4. The number of alkyl halides is 2. The van der Waals surface area contributed by atoms with Gasteiger partial charge < -0.3 is 10.1 Å². The normalized spacial score (nSPS) is 17.1. The largest absolute Gasteiger partial charge is 0.482 e. The SMILES string of the molecule is CC(F)(F)CNC(=O)N1CC(C)(C)Oc2cccnc21. The van der Waals surface area contributed by atoms with Gasteiger partial charge in [0, 0.05) is 13.1 Å². The van der Waals surface area contributed by atoms with Crippen molar-refractivity contribution in [1.29, 1.82) is 0 Å². The van der Waals surface area contributed by atoms with Crippen LogP contribution in [0.25, 0.3) is 0 Å². The van der Waals surface area contributed by atoms with Crippen LogP contribution in [0.1, 0.15) is 20.8 Å². The highest BCUT2D eigenvalue weighted by Gasteiger charge is 2.36. The van der Waals surface area contributed by atoms with E-state index in [-0.39, 0.29) is 6.54 Å². The molecule has 0 fully saturated rings. The Hall–Kier alpha value is -1.92. The van der Waals surface area contributed by atoms with Crippen LogP contribution >= 0.6 is 0 Å². The molecule has 1 aliphatic rings. The summed E-state index contributed by atoms with van der Waals surface area (Å²) in [5.41, 5.74) is -0.609. The number of halogens is 2. The van der Waals surface area contributed by atoms with E-state index in [0.717, 1.165) is 6.92 Å². The predicted molar refractivity (Wildman–Crippen MR) is 70.3 cm³/mol. The molecule has 2 rings (SSSR count). The number of carbonyl (C=O) groups is 1. The van der Waals surface area contributed by atoms with E-state index in [9.17, 15) is 13.6 Å². The third-order valence-electron chi connectivity index (χ3n) is 2.73. The number of hydrogen-bond acceptors (Lipinski definition) is 3. The zero-order chi connectivity index (χ0) is 15.0. The number of amides is 2. The van der Waals surface area contributed by atoms with Gasteiger partial charge in [-0.3, -0.25) is 4.90 Å². The molecule has 5 nitrogen and oxygen atoms in total. The Bertz CT molecular complexity index is 515. The highest BCUT2D eigenvalue weighted by molar-refractivity contribution is 5.93. The summed E-state index contributed by atoms with van der Waals surface area (Å²) in [6.45, 7) is 3.90. The number of nitrogens with one attached hydrogen (secondary N) is 1. The molecule has 0 atom stereocenters. The minimum Gasteiger partial charge on any atom is -0.482 e. The fourth-order valence-corrected chi connectivity index (χ4v) is 1.94. The van der Waals surface area contributed by atoms with Gasteiger partial charge in [-0.2, -0.15) is 0 Å². The molecule has 0 saturated carbocycles. The summed E-state index contributed by atoms with van der Waals surface area (Å²) in [6.07, 6.45) is 1.52. The van der Waals surface area contributed by atoms with E-state index >= 15 is 0 Å². The van der Waals surface area contributed by atoms with Crippen molar-refractivity contribution in [2.75, 3.05) is 18.0 Å². The van der Waals surface area contributed by atoms with Gasteiger partial charge in [0.1, 0.15) is 5.60 Å². The minimum absolute atomic E-state index is 0.234. The molecule has 0 aliphatic carbocycles. The summed E-state index contributed by atoms with van der Waals surface area (Å²) in [5, 5.41) is 2.21. The van der Waals surface area contributed by atoms with E-state index < -0.39 is 24.1 Å². The monoisotopic (exact) mass is 285 g/mol. The standard InChI is InChI=1S/C13H17F2N3O2/c1-12(2)8-18(11(19)17-7-13(3,14)15)10-9(20-12)5-4-6-16-10/h4-6H,7-8H2,1-3H3,(H,17,19). The molecular formula is C13H17F2N3O2. The lowest BCUT2D eigenvalue weighted by atomic mass is 10.1. The van der Waals surface area contributed by atoms with Gasteiger partial charge in [0.15, 0.2) is 11.6 Å². The Morgan fingerprint density at radius 3 is 2.95 bits per heavy atom. The minimum atomic E-state index is -2.95. The van der Waals surface area contributed by atoms with Crippen LogP contribution in [0.15, 0.2) is 18.3 Å². The van der Waals surface area contributed by atoms with Gasteiger partial charge in [-0.25, -0.2) is 18.6 Å². The molecule has 1 N–H and O–H groups in total. The Labute approximate surface area is 115 Å². The lowest BCUT2D eigenvalue weighted by molar-refractivity contribution is 0.0253. The maximum absolute atomic E-state index is 12.8. The number of anilines is 1. The van der Waals surface area contributed by atoms with Gasteiger partial charge in [0.25, 0.3) is 5.92 Å². The van der Waals surface area contributed by atoms with E-state index in [4.69, 9.17) is 4.74 Å². The first-order chi connectivity index (χ1) is 9.18. The van der Waals surface area contributed by atoms with E-state index in [1.165, 1.54) is 11.1 Å². The molecule has 1 aromatic heterocycles. The Balaban J connectivity index is 2.20. The van der Waals surface area contributed by atoms with Crippen molar-refractivity contribution in [3.8, 4) is 5.75 Å². The molecule has 2 heterocycles. The lowest BCUT2D eigenvalue weighted by Gasteiger charge is -2.38. The van der Waals surface area contributed by atoms with Crippen molar-refractivity contribution in [2.24, 2.45) is 0 Å². The van der Waals surface area contributed by atoms with Gasteiger partial charge in [-0.05, 0) is 26.0 Å². The number of fused-ring (bicyclic) bond motifs is 1. The average molecular weight is 285 g/mol. The molecule has 110 valence electrons. The molecule has 2 amide bonds. The number of pyridine rings is 1. The Morgan fingerprint density at radius 2 is 2.30 bits per heavy atom. The second-order valence-corrected chi connectivity index (χ2v) is 5.50. The Morgan fingerprint density at radius 1 is 1.60 bits per heavy atom. The highest BCUT2D eigenvalue weighted by Crippen LogP contribution is 2.34. The average Bonchev–Trinajstić information content (AvgIpc) is 2.33. The quantitative estimate of drug-likeness (QED) is 0.908. The van der Waals surface area contributed by atoms with Crippen molar-refractivity contribution in [3.63, 3.8) is 0 Å². The Kier molecular flexibility index (Phi) is 3.54. The summed E-state index contributed by atoms with van der Waals surface area (Å²) in [4.78, 5) is 17.5. The van der Waals surface area contributed by atoms with Crippen LogP contribution in [0.3, 0.4) is 0 Å². The summed E-state index contributed by atoms with van der Waals surface area (Å²) in [7, 11) is 0. The number of nitrogens with zero attached hydrogens (tertiary/aromatic N) is 2. The fraction of sp³-hybridized carbons (Fsp3) is 0.538. The van der Waals surface area contributed by atoms with Gasteiger partial charge >= 0.3 is 6.03 Å². The van der Waals surface area contributed by atoms with Crippen LogP contribution < -0.4 is 15.0 Å². The number of ether oxygens (including phenoxy) is 1. The topological polar surface area (TPSA) is 54.5 Å². The number of aromatic nitrogens is 1. The molecule has 0 unspecified atom stereocenters. The first-order valence-corrected chi connectivity index (χ1v) is 6.25. The zero-order valence-corrected chi connectivity index (χ0v) is 11.6. The first-order valence-electron chi connectivity index (χ1n) is 6.25. The molecular weight excluding hydrogens is 268 g/mol. The van der Waals surface area contributed by atoms with Crippen molar-refractivity contribution >= 4 is 11.8 Å². The number of hydrogen-bond donors (Lipinski definition) is 1. The third-order valence-corrected chi connectivity index (χ3v) is 2.73. The number of urea groups is 1. The molecule has 0 bridgehead atoms. The van der Waals surface area contributed by atoms with E-state index in [0.29, 0.717) is 11.6 Å². The maximum Gasteiger partial charge on any atom is 0.323 e. The first kappa shape index (κ1) is 14.5. The van der Waals surface area contributed by atoms with Crippen molar-refractivity contribution in [3.05, 3.63) is 18.3 Å². The van der Waals surface area contributed by atoms with Crippen molar-refractivity contribution in [2.45, 2.75) is 32.3 Å². The summed E-state index contributed by atoms with van der Waals surface area (Å²) >= 11 is 0. The molecule has 0 spiro atoms. The van der Waals surface area contributed by atoms with Crippen LogP contribution in [0.2, 0.25) is 0 Å². The molecule has 0 radical (unpaired) electrons. The number of rotatable bonds is 2. The molecule has 7 heteroatoms. The fourth-order valence-electron chi connectivity index (χ4n) is 1.94. The van der Waals surface area contributed by atoms with E-state index in [1.54, 1.807) is 12.1 Å². The van der Waals surface area contributed by atoms with Gasteiger partial charge in [-0.1, -0.05) is 0 Å². The van der Waals surface area contributed by atoms with Crippen LogP contribution in [0.4, 0.5) is 19.4 Å². The van der Waals surface area contributed by atoms with Crippen LogP contribution in [0.5, 0.6) is 5.75 Å². The van der Waals surface area contributed by atoms with E-state index in [1.807, 2.05) is 13.8 Å². The molecule has 1 aromatic rings. The van der Waals surface area contributed by atoms with Crippen LogP contribution in [-0.4, -0.2) is 35.6 Å². The van der Waals surface area contributed by atoms with Crippen LogP contribution in [-0.2, 0) is 0 Å². The second-order valence-electron chi connectivity index (χ2n) is 5.50.